The van der Waals surface area contributed by atoms with Crippen LogP contribution in [0.25, 0.3) is 0 Å². The van der Waals surface area contributed by atoms with Crippen molar-refractivity contribution >= 4 is 17.3 Å². The van der Waals surface area contributed by atoms with Gasteiger partial charge in [-0.05, 0) is 6.07 Å². The molecule has 0 heterocycles. The number of anilines is 1. The van der Waals surface area contributed by atoms with Gasteiger partial charge in [0.05, 0.1) is 29.9 Å². The number of benzene rings is 1. The number of nitrogens with zero attached hydrogens (tertiary/aromatic N) is 1. The number of phenols is 1. The van der Waals surface area contributed by atoms with Crippen LogP contribution in [0.5, 0.6) is 5.75 Å². The van der Waals surface area contributed by atoms with Gasteiger partial charge in [0.1, 0.15) is 12.4 Å². The molecule has 0 atom stereocenters. The Bertz CT molecular complexity index is 462. The molecular formula is C11H14N2O6. The molecule has 1 amide bonds. The molecule has 2 N–H and O–H groups in total. The van der Waals surface area contributed by atoms with Crippen LogP contribution in [0.4, 0.5) is 11.4 Å². The molecule has 0 unspecified atom stereocenters. The van der Waals surface area contributed by atoms with Gasteiger partial charge in [-0.25, -0.2) is 0 Å². The van der Waals surface area contributed by atoms with E-state index in [4.69, 9.17) is 9.47 Å². The molecule has 0 radical (unpaired) electrons. The molecule has 19 heavy (non-hydrogen) atoms. The molecule has 0 saturated carbocycles. The molecule has 0 aromatic heterocycles. The fourth-order valence-electron chi connectivity index (χ4n) is 1.23. The van der Waals surface area contributed by atoms with Crippen molar-refractivity contribution in [1.29, 1.82) is 0 Å². The number of rotatable bonds is 7. The molecular weight excluding hydrogens is 256 g/mol. The molecule has 0 fully saturated rings. The fraction of sp³-hybridized carbons (Fsp3) is 0.364. The minimum atomic E-state index is -0.640. The summed E-state index contributed by atoms with van der Waals surface area (Å²) < 4.78 is 9.72. The first-order valence-electron chi connectivity index (χ1n) is 5.38. The van der Waals surface area contributed by atoms with Gasteiger partial charge in [-0.2, -0.15) is 0 Å². The van der Waals surface area contributed by atoms with Crippen LogP contribution in [0.3, 0.4) is 0 Å². The maximum Gasteiger partial charge on any atom is 0.273 e. The van der Waals surface area contributed by atoms with Gasteiger partial charge in [-0.3, -0.25) is 14.9 Å². The first-order chi connectivity index (χ1) is 9.04. The summed E-state index contributed by atoms with van der Waals surface area (Å²) in [5.74, 6) is -0.848. The summed E-state index contributed by atoms with van der Waals surface area (Å²) in [6.45, 7) is 0.450. The Labute approximate surface area is 109 Å². The summed E-state index contributed by atoms with van der Waals surface area (Å²) in [5, 5.41) is 22.4. The zero-order chi connectivity index (χ0) is 14.3. The number of hydrogen-bond acceptors (Lipinski definition) is 6. The van der Waals surface area contributed by atoms with Crippen LogP contribution in [0.2, 0.25) is 0 Å². The average molecular weight is 270 g/mol. The van der Waals surface area contributed by atoms with Gasteiger partial charge in [0.25, 0.3) is 5.69 Å². The molecule has 0 aliphatic heterocycles. The average Bonchev–Trinajstić information content (AvgIpc) is 2.37. The Morgan fingerprint density at radius 3 is 2.79 bits per heavy atom. The van der Waals surface area contributed by atoms with E-state index in [-0.39, 0.29) is 30.3 Å². The molecule has 1 aromatic rings. The lowest BCUT2D eigenvalue weighted by atomic mass is 10.2. The van der Waals surface area contributed by atoms with E-state index >= 15 is 0 Å². The third kappa shape index (κ3) is 4.90. The predicted octanol–water partition coefficient (Wildman–Crippen LogP) is 0.902. The highest BCUT2D eigenvalue weighted by atomic mass is 16.6. The Balaban J connectivity index is 2.52. The lowest BCUT2D eigenvalue weighted by molar-refractivity contribution is -0.384. The van der Waals surface area contributed by atoms with Crippen LogP contribution >= 0.6 is 0 Å². The number of aromatic hydroxyl groups is 1. The number of carbonyl (C=O) groups is 1. The van der Waals surface area contributed by atoms with E-state index in [0.717, 1.165) is 6.07 Å². The SMILES string of the molecule is COCCOCC(=O)Nc1ccc([N+](=O)[O-])cc1O. The molecule has 1 rings (SSSR count). The van der Waals surface area contributed by atoms with Crippen LogP contribution < -0.4 is 5.32 Å². The smallest absolute Gasteiger partial charge is 0.273 e. The third-order valence-corrected chi connectivity index (χ3v) is 2.13. The number of hydrogen-bond donors (Lipinski definition) is 2. The van der Waals surface area contributed by atoms with Gasteiger partial charge in [-0.1, -0.05) is 0 Å². The van der Waals surface area contributed by atoms with Crippen molar-refractivity contribution in [1.82, 2.24) is 0 Å². The Morgan fingerprint density at radius 1 is 1.47 bits per heavy atom. The number of nitro groups is 1. The van der Waals surface area contributed by atoms with E-state index < -0.39 is 10.8 Å². The molecule has 0 saturated heterocycles. The number of non-ortho nitro benzene ring substituents is 1. The summed E-state index contributed by atoms with van der Waals surface area (Å²) in [6.07, 6.45) is 0. The summed E-state index contributed by atoms with van der Waals surface area (Å²) in [5.41, 5.74) is -0.169. The van der Waals surface area contributed by atoms with E-state index in [1.807, 2.05) is 0 Å². The van der Waals surface area contributed by atoms with Crippen molar-refractivity contribution < 1.29 is 24.3 Å². The summed E-state index contributed by atoms with van der Waals surface area (Å²) in [7, 11) is 1.51. The van der Waals surface area contributed by atoms with E-state index in [1.54, 1.807) is 0 Å². The number of carbonyl (C=O) groups excluding carboxylic acids is 1. The molecule has 8 nitrogen and oxygen atoms in total. The normalized spacial score (nSPS) is 10.2. The molecule has 104 valence electrons. The Hall–Kier alpha value is -2.19. The maximum atomic E-state index is 11.4. The summed E-state index contributed by atoms with van der Waals surface area (Å²) in [4.78, 5) is 21.2. The van der Waals surface area contributed by atoms with Crippen molar-refractivity contribution in [2.75, 3.05) is 32.2 Å². The van der Waals surface area contributed by atoms with Crippen LogP contribution in [-0.2, 0) is 14.3 Å². The number of phenolic OH excluding ortho intramolecular Hbond substituents is 1. The minimum absolute atomic E-state index is 0.0888. The van der Waals surface area contributed by atoms with Gasteiger partial charge < -0.3 is 19.9 Å². The van der Waals surface area contributed by atoms with Gasteiger partial charge >= 0.3 is 0 Å². The number of ether oxygens (including phenoxy) is 2. The highest BCUT2D eigenvalue weighted by Gasteiger charge is 2.12. The predicted molar refractivity (Wildman–Crippen MR) is 66.1 cm³/mol. The van der Waals surface area contributed by atoms with Gasteiger partial charge in [0.2, 0.25) is 5.91 Å². The van der Waals surface area contributed by atoms with Gasteiger partial charge in [0, 0.05) is 13.2 Å². The lowest BCUT2D eigenvalue weighted by Gasteiger charge is -2.07. The second kappa shape index (κ2) is 7.29. The lowest BCUT2D eigenvalue weighted by Crippen LogP contribution is -2.19. The van der Waals surface area contributed by atoms with Gasteiger partial charge in [-0.15, -0.1) is 0 Å². The van der Waals surface area contributed by atoms with Crippen LogP contribution in [0, 0.1) is 10.1 Å². The van der Waals surface area contributed by atoms with Crippen LogP contribution in [0.15, 0.2) is 18.2 Å². The van der Waals surface area contributed by atoms with Crippen LogP contribution in [-0.4, -0.2) is 42.9 Å². The monoisotopic (exact) mass is 270 g/mol. The number of methoxy groups -OCH3 is 1. The number of nitrogens with one attached hydrogen (secondary N) is 1. The van der Waals surface area contributed by atoms with Crippen molar-refractivity contribution in [2.24, 2.45) is 0 Å². The zero-order valence-corrected chi connectivity index (χ0v) is 10.3. The first kappa shape index (κ1) is 14.9. The molecule has 1 aromatic carbocycles. The summed E-state index contributed by atoms with van der Waals surface area (Å²) in [6, 6.07) is 3.39. The second-order valence-corrected chi connectivity index (χ2v) is 3.55. The molecule has 0 spiro atoms. The van der Waals surface area contributed by atoms with Crippen LogP contribution in [0.1, 0.15) is 0 Å². The third-order valence-electron chi connectivity index (χ3n) is 2.13. The van der Waals surface area contributed by atoms with E-state index in [2.05, 4.69) is 5.32 Å². The highest BCUT2D eigenvalue weighted by Crippen LogP contribution is 2.27. The van der Waals surface area contributed by atoms with Crippen molar-refractivity contribution in [2.45, 2.75) is 0 Å². The highest BCUT2D eigenvalue weighted by molar-refractivity contribution is 5.93. The molecule has 0 bridgehead atoms. The molecule has 0 aliphatic carbocycles. The maximum absolute atomic E-state index is 11.4. The second-order valence-electron chi connectivity index (χ2n) is 3.55. The quantitative estimate of drug-likeness (QED) is 0.329. The number of amides is 1. The van der Waals surface area contributed by atoms with E-state index in [1.165, 1.54) is 19.2 Å². The topological polar surface area (TPSA) is 111 Å². The Morgan fingerprint density at radius 2 is 2.21 bits per heavy atom. The van der Waals surface area contributed by atoms with Crippen molar-refractivity contribution in [3.05, 3.63) is 28.3 Å². The van der Waals surface area contributed by atoms with Crippen molar-refractivity contribution in [3.8, 4) is 5.75 Å². The largest absolute Gasteiger partial charge is 0.506 e. The van der Waals surface area contributed by atoms with Gasteiger partial charge in [0.15, 0.2) is 0 Å². The standard InChI is InChI=1S/C11H14N2O6/c1-18-4-5-19-7-11(15)12-9-3-2-8(13(16)17)6-10(9)14/h2-3,6,14H,4-5,7H2,1H3,(H,12,15). The van der Waals surface area contributed by atoms with Crippen molar-refractivity contribution in [3.63, 3.8) is 0 Å². The molecule has 0 aliphatic rings. The minimum Gasteiger partial charge on any atom is -0.506 e. The zero-order valence-electron chi connectivity index (χ0n) is 10.3. The Kier molecular flexibility index (Phi) is 5.71. The number of nitro benzene ring substituents is 1. The molecule has 8 heteroatoms. The fourth-order valence-corrected chi connectivity index (χ4v) is 1.23. The van der Waals surface area contributed by atoms with E-state index in [0.29, 0.717) is 6.61 Å². The first-order valence-corrected chi connectivity index (χ1v) is 5.38. The summed E-state index contributed by atoms with van der Waals surface area (Å²) >= 11 is 0. The van der Waals surface area contributed by atoms with E-state index in [9.17, 15) is 20.0 Å².